The summed E-state index contributed by atoms with van der Waals surface area (Å²) in [4.78, 5) is 14.4. The fraction of sp³-hybridized carbons (Fsp3) is 0.938. The van der Waals surface area contributed by atoms with Crippen LogP contribution in [0.15, 0.2) is 0 Å². The fourth-order valence-electron chi connectivity index (χ4n) is 3.36. The Hall–Kier alpha value is -0.610. The molecule has 3 N–H and O–H groups in total. The van der Waals surface area contributed by atoms with E-state index in [-0.39, 0.29) is 11.3 Å². The van der Waals surface area contributed by atoms with Crippen LogP contribution in [0.4, 0.5) is 0 Å². The van der Waals surface area contributed by atoms with Gasteiger partial charge in [0.25, 0.3) is 0 Å². The summed E-state index contributed by atoms with van der Waals surface area (Å²) in [6.07, 6.45) is 6.36. The average molecular weight is 283 g/mol. The van der Waals surface area contributed by atoms with Gasteiger partial charge in [-0.05, 0) is 44.8 Å². The number of carbonyl (C=O) groups is 1. The van der Waals surface area contributed by atoms with E-state index in [2.05, 4.69) is 38.2 Å². The molecular formula is C16H33N3O. The standard InChI is InChI=1S/C16H33N3O/c1-5-13(6-2)14(19(3)4)11-18-15(20)10-16(12-17)8-7-9-16/h13-14H,5-12,17H2,1-4H3,(H,18,20). The number of amides is 1. The highest BCUT2D eigenvalue weighted by molar-refractivity contribution is 5.76. The highest BCUT2D eigenvalue weighted by Gasteiger charge is 2.37. The summed E-state index contributed by atoms with van der Waals surface area (Å²) in [5, 5.41) is 3.14. The van der Waals surface area contributed by atoms with Crippen molar-refractivity contribution < 1.29 is 4.79 Å². The van der Waals surface area contributed by atoms with E-state index < -0.39 is 0 Å². The maximum absolute atomic E-state index is 12.2. The highest BCUT2D eigenvalue weighted by atomic mass is 16.1. The fourth-order valence-corrected chi connectivity index (χ4v) is 3.36. The smallest absolute Gasteiger partial charge is 0.220 e. The molecule has 0 spiro atoms. The second-order valence-corrected chi connectivity index (χ2v) is 6.65. The first-order chi connectivity index (χ1) is 9.48. The van der Waals surface area contributed by atoms with Crippen molar-refractivity contribution in [1.82, 2.24) is 10.2 Å². The van der Waals surface area contributed by atoms with E-state index in [4.69, 9.17) is 5.73 Å². The molecule has 1 fully saturated rings. The Morgan fingerprint density at radius 3 is 2.25 bits per heavy atom. The van der Waals surface area contributed by atoms with Crippen molar-refractivity contribution in [1.29, 1.82) is 0 Å². The summed E-state index contributed by atoms with van der Waals surface area (Å²) in [6.45, 7) is 5.84. The molecular weight excluding hydrogens is 250 g/mol. The van der Waals surface area contributed by atoms with Gasteiger partial charge in [0.1, 0.15) is 0 Å². The van der Waals surface area contributed by atoms with Gasteiger partial charge < -0.3 is 16.0 Å². The topological polar surface area (TPSA) is 58.4 Å². The van der Waals surface area contributed by atoms with Gasteiger partial charge in [0.05, 0.1) is 0 Å². The van der Waals surface area contributed by atoms with Crippen LogP contribution in [-0.2, 0) is 4.79 Å². The summed E-state index contributed by atoms with van der Waals surface area (Å²) in [5.74, 6) is 0.811. The number of hydrogen-bond donors (Lipinski definition) is 2. The Kier molecular flexibility index (Phi) is 6.96. The van der Waals surface area contributed by atoms with Crippen molar-refractivity contribution in [3.8, 4) is 0 Å². The minimum atomic E-state index is 0.104. The van der Waals surface area contributed by atoms with Crippen molar-refractivity contribution in [2.75, 3.05) is 27.2 Å². The van der Waals surface area contributed by atoms with Crippen molar-refractivity contribution in [2.24, 2.45) is 17.1 Å². The van der Waals surface area contributed by atoms with Crippen LogP contribution in [0, 0.1) is 11.3 Å². The quantitative estimate of drug-likeness (QED) is 0.680. The second kappa shape index (κ2) is 7.99. The van der Waals surface area contributed by atoms with E-state index in [1.54, 1.807) is 0 Å². The van der Waals surface area contributed by atoms with Crippen molar-refractivity contribution >= 4 is 5.91 Å². The third-order valence-corrected chi connectivity index (χ3v) is 5.15. The Morgan fingerprint density at radius 1 is 1.30 bits per heavy atom. The molecule has 0 aromatic carbocycles. The maximum Gasteiger partial charge on any atom is 0.220 e. The molecule has 1 atom stereocenters. The molecule has 1 unspecified atom stereocenters. The molecule has 1 saturated carbocycles. The van der Waals surface area contributed by atoms with Gasteiger partial charge in [-0.1, -0.05) is 33.1 Å². The van der Waals surface area contributed by atoms with Gasteiger partial charge in [-0.15, -0.1) is 0 Å². The summed E-state index contributed by atoms with van der Waals surface area (Å²) < 4.78 is 0. The lowest BCUT2D eigenvalue weighted by Crippen LogP contribution is -2.47. The molecule has 1 rings (SSSR count). The van der Waals surface area contributed by atoms with Crippen LogP contribution in [-0.4, -0.2) is 44.0 Å². The zero-order valence-corrected chi connectivity index (χ0v) is 13.7. The summed E-state index contributed by atoms with van der Waals surface area (Å²) in [5.41, 5.74) is 5.93. The molecule has 20 heavy (non-hydrogen) atoms. The number of nitrogens with one attached hydrogen (secondary N) is 1. The zero-order valence-electron chi connectivity index (χ0n) is 13.7. The molecule has 0 aromatic rings. The van der Waals surface area contributed by atoms with E-state index in [0.29, 0.717) is 24.9 Å². The number of hydrogen-bond acceptors (Lipinski definition) is 3. The molecule has 0 radical (unpaired) electrons. The first-order valence-corrected chi connectivity index (χ1v) is 8.11. The highest BCUT2D eigenvalue weighted by Crippen LogP contribution is 2.42. The van der Waals surface area contributed by atoms with Crippen LogP contribution < -0.4 is 11.1 Å². The van der Waals surface area contributed by atoms with Crippen molar-refractivity contribution in [3.63, 3.8) is 0 Å². The molecule has 0 bridgehead atoms. The predicted octanol–water partition coefficient (Wildman–Crippen LogP) is 1.99. The Morgan fingerprint density at radius 2 is 1.90 bits per heavy atom. The van der Waals surface area contributed by atoms with E-state index in [1.807, 2.05) is 0 Å². The number of nitrogens with two attached hydrogens (primary N) is 1. The molecule has 1 amide bonds. The lowest BCUT2D eigenvalue weighted by molar-refractivity contribution is -0.125. The molecule has 1 aliphatic rings. The van der Waals surface area contributed by atoms with Crippen molar-refractivity contribution in [2.45, 2.75) is 58.4 Å². The van der Waals surface area contributed by atoms with Gasteiger partial charge in [0, 0.05) is 19.0 Å². The van der Waals surface area contributed by atoms with E-state index in [0.717, 1.165) is 32.2 Å². The van der Waals surface area contributed by atoms with Crippen LogP contribution >= 0.6 is 0 Å². The van der Waals surface area contributed by atoms with Gasteiger partial charge in [0.2, 0.25) is 5.91 Å². The molecule has 4 heteroatoms. The van der Waals surface area contributed by atoms with Crippen molar-refractivity contribution in [3.05, 3.63) is 0 Å². The normalized spacial score (nSPS) is 18.9. The van der Waals surface area contributed by atoms with E-state index >= 15 is 0 Å². The Labute approximate surface area is 124 Å². The number of rotatable bonds is 9. The average Bonchev–Trinajstić information content (AvgIpc) is 2.38. The maximum atomic E-state index is 12.2. The van der Waals surface area contributed by atoms with Gasteiger partial charge >= 0.3 is 0 Å². The van der Waals surface area contributed by atoms with Crippen LogP contribution in [0.3, 0.4) is 0 Å². The van der Waals surface area contributed by atoms with Gasteiger partial charge in [-0.3, -0.25) is 4.79 Å². The minimum Gasteiger partial charge on any atom is -0.355 e. The third kappa shape index (κ3) is 4.45. The zero-order chi connectivity index (χ0) is 15.2. The van der Waals surface area contributed by atoms with Crippen LogP contribution in [0.5, 0.6) is 0 Å². The van der Waals surface area contributed by atoms with Gasteiger partial charge in [-0.25, -0.2) is 0 Å². The largest absolute Gasteiger partial charge is 0.355 e. The van der Waals surface area contributed by atoms with Crippen LogP contribution in [0.25, 0.3) is 0 Å². The number of likely N-dealkylation sites (N-methyl/N-ethyl adjacent to an activating group) is 1. The Bertz CT molecular complexity index is 291. The molecule has 0 aliphatic heterocycles. The molecule has 118 valence electrons. The first kappa shape index (κ1) is 17.4. The second-order valence-electron chi connectivity index (χ2n) is 6.65. The lowest BCUT2D eigenvalue weighted by atomic mass is 9.66. The summed E-state index contributed by atoms with van der Waals surface area (Å²) >= 11 is 0. The minimum absolute atomic E-state index is 0.104. The van der Waals surface area contributed by atoms with Crippen LogP contribution in [0.1, 0.15) is 52.4 Å². The lowest BCUT2D eigenvalue weighted by Gasteiger charge is -2.40. The Balaban J connectivity index is 2.44. The van der Waals surface area contributed by atoms with Gasteiger partial charge in [-0.2, -0.15) is 0 Å². The number of nitrogens with zero attached hydrogens (tertiary/aromatic N) is 1. The first-order valence-electron chi connectivity index (χ1n) is 8.11. The molecule has 0 heterocycles. The van der Waals surface area contributed by atoms with Gasteiger partial charge in [0.15, 0.2) is 0 Å². The summed E-state index contributed by atoms with van der Waals surface area (Å²) in [7, 11) is 4.20. The van der Waals surface area contributed by atoms with E-state index in [1.165, 1.54) is 6.42 Å². The molecule has 0 saturated heterocycles. The molecule has 0 aromatic heterocycles. The van der Waals surface area contributed by atoms with E-state index in [9.17, 15) is 4.79 Å². The number of carbonyl (C=O) groups excluding carboxylic acids is 1. The predicted molar refractivity (Wildman–Crippen MR) is 84.5 cm³/mol. The molecule has 4 nitrogen and oxygen atoms in total. The monoisotopic (exact) mass is 283 g/mol. The molecule has 1 aliphatic carbocycles. The third-order valence-electron chi connectivity index (χ3n) is 5.15. The SMILES string of the molecule is CCC(CC)C(CNC(=O)CC1(CN)CCC1)N(C)C. The summed E-state index contributed by atoms with van der Waals surface area (Å²) in [6, 6.07) is 0.421. The van der Waals surface area contributed by atoms with Crippen LogP contribution in [0.2, 0.25) is 0 Å².